The number of aryl methyl sites for hydroxylation is 1. The minimum absolute atomic E-state index is 0.321. The lowest BCUT2D eigenvalue weighted by Gasteiger charge is -2.29. The molecule has 0 spiro atoms. The molecule has 0 bridgehead atoms. The summed E-state index contributed by atoms with van der Waals surface area (Å²) in [5.41, 5.74) is 5.45. The van der Waals surface area contributed by atoms with Gasteiger partial charge in [-0.1, -0.05) is 19.9 Å². The third-order valence-corrected chi connectivity index (χ3v) is 6.49. The Kier molecular flexibility index (Phi) is 7.63. The number of hydrazone groups is 1. The smallest absolute Gasteiger partial charge is 0.217 e. The van der Waals surface area contributed by atoms with Crippen molar-refractivity contribution in [1.29, 1.82) is 0 Å². The van der Waals surface area contributed by atoms with Gasteiger partial charge >= 0.3 is 0 Å². The SMILES string of the molecule is CCn1ncc2c(F)cc(-c3ccc(C(/C=N/NC(=S)N(C)C)(CC)CC)c(OC)n3)cc21. The summed E-state index contributed by atoms with van der Waals surface area (Å²) in [6.07, 6.45) is 5.00. The predicted molar refractivity (Wildman–Crippen MR) is 135 cm³/mol. The third-order valence-electron chi connectivity index (χ3n) is 6.04. The molecule has 1 N–H and O–H groups in total. The van der Waals surface area contributed by atoms with E-state index in [-0.39, 0.29) is 5.82 Å². The van der Waals surface area contributed by atoms with E-state index in [1.165, 1.54) is 6.07 Å². The molecule has 9 heteroatoms. The van der Waals surface area contributed by atoms with Crippen LogP contribution in [-0.2, 0) is 12.0 Å². The van der Waals surface area contributed by atoms with Gasteiger partial charge in [0.05, 0.1) is 29.9 Å². The average molecular weight is 471 g/mol. The quantitative estimate of drug-likeness (QED) is 0.291. The standard InChI is InChI=1S/C24H31FN6OS/c1-7-24(8-2,15-26-29-23(33)30(4)5)18-10-11-20(28-22(18)32-6)16-12-19(25)17-14-27-31(9-3)21(17)13-16/h10-15H,7-9H2,1-6H3,(H,29,33)/b26-15+. The maximum absolute atomic E-state index is 14.8. The molecule has 0 radical (unpaired) electrons. The van der Waals surface area contributed by atoms with Gasteiger partial charge in [0.25, 0.3) is 0 Å². The molecule has 0 amide bonds. The van der Waals surface area contributed by atoms with E-state index in [4.69, 9.17) is 21.9 Å². The number of rotatable bonds is 8. The van der Waals surface area contributed by atoms with E-state index < -0.39 is 5.41 Å². The highest BCUT2D eigenvalue weighted by molar-refractivity contribution is 7.80. The number of pyridine rings is 1. The second kappa shape index (κ2) is 10.2. The van der Waals surface area contributed by atoms with Crippen molar-refractivity contribution in [2.45, 2.75) is 45.6 Å². The first kappa shape index (κ1) is 24.6. The highest BCUT2D eigenvalue weighted by Gasteiger charge is 2.31. The molecule has 3 aromatic rings. The lowest BCUT2D eigenvalue weighted by Crippen LogP contribution is -2.33. The molecule has 7 nitrogen and oxygen atoms in total. The molecule has 0 aliphatic heterocycles. The molecule has 2 aromatic heterocycles. The molecule has 0 unspecified atom stereocenters. The van der Waals surface area contributed by atoms with Crippen molar-refractivity contribution in [3.8, 4) is 17.1 Å². The Hall–Kier alpha value is -3.07. The Labute approximate surface area is 199 Å². The first-order valence-electron chi connectivity index (χ1n) is 11.0. The van der Waals surface area contributed by atoms with Gasteiger partial charge in [0.2, 0.25) is 5.88 Å². The van der Waals surface area contributed by atoms with Crippen LogP contribution in [0.4, 0.5) is 4.39 Å². The number of nitrogens with one attached hydrogen (secondary N) is 1. The van der Waals surface area contributed by atoms with Gasteiger partial charge in [-0.05, 0) is 50.2 Å². The van der Waals surface area contributed by atoms with Crippen LogP contribution in [-0.4, -0.2) is 52.2 Å². The van der Waals surface area contributed by atoms with E-state index in [2.05, 4.69) is 29.5 Å². The summed E-state index contributed by atoms with van der Waals surface area (Å²) in [5, 5.41) is 9.68. The van der Waals surface area contributed by atoms with Gasteiger partial charge in [0.1, 0.15) is 5.82 Å². The second-order valence-electron chi connectivity index (χ2n) is 8.04. The predicted octanol–water partition coefficient (Wildman–Crippen LogP) is 4.75. The number of hydrogen-bond donors (Lipinski definition) is 1. The highest BCUT2D eigenvalue weighted by Crippen LogP contribution is 2.37. The number of benzene rings is 1. The van der Waals surface area contributed by atoms with Gasteiger partial charge in [-0.3, -0.25) is 10.1 Å². The molecular formula is C24H31FN6OS. The van der Waals surface area contributed by atoms with Crippen molar-refractivity contribution in [3.63, 3.8) is 0 Å². The van der Waals surface area contributed by atoms with Crippen LogP contribution < -0.4 is 10.2 Å². The van der Waals surface area contributed by atoms with Gasteiger partial charge in [-0.15, -0.1) is 0 Å². The van der Waals surface area contributed by atoms with E-state index in [1.807, 2.05) is 45.4 Å². The van der Waals surface area contributed by atoms with Crippen molar-refractivity contribution in [1.82, 2.24) is 25.1 Å². The molecule has 176 valence electrons. The number of hydrogen-bond acceptors (Lipinski definition) is 5. The summed E-state index contributed by atoms with van der Waals surface area (Å²) in [6, 6.07) is 7.29. The van der Waals surface area contributed by atoms with Crippen LogP contribution in [0, 0.1) is 5.82 Å². The normalized spacial score (nSPS) is 11.8. The lowest BCUT2D eigenvalue weighted by atomic mass is 9.77. The van der Waals surface area contributed by atoms with Crippen molar-refractivity contribution in [2.75, 3.05) is 21.2 Å². The first-order chi connectivity index (χ1) is 15.8. The summed E-state index contributed by atoms with van der Waals surface area (Å²) in [4.78, 5) is 6.53. The summed E-state index contributed by atoms with van der Waals surface area (Å²) < 4.78 is 22.2. The van der Waals surface area contributed by atoms with E-state index in [1.54, 1.807) is 22.9 Å². The zero-order valence-corrected chi connectivity index (χ0v) is 20.8. The number of aromatic nitrogens is 3. The van der Waals surface area contributed by atoms with Gasteiger partial charge in [-0.25, -0.2) is 9.37 Å². The van der Waals surface area contributed by atoms with Gasteiger partial charge < -0.3 is 9.64 Å². The first-order valence-corrected chi connectivity index (χ1v) is 11.4. The topological polar surface area (TPSA) is 67.6 Å². The van der Waals surface area contributed by atoms with Crippen LogP contribution in [0.25, 0.3) is 22.2 Å². The van der Waals surface area contributed by atoms with E-state index in [0.29, 0.717) is 34.2 Å². The van der Waals surface area contributed by atoms with Crippen LogP contribution in [0.3, 0.4) is 0 Å². The Balaban J connectivity index is 2.04. The third kappa shape index (κ3) is 4.83. The van der Waals surface area contributed by atoms with Crippen LogP contribution in [0.2, 0.25) is 0 Å². The molecule has 1 aromatic carbocycles. The van der Waals surface area contributed by atoms with Crippen LogP contribution in [0.1, 0.15) is 39.2 Å². The highest BCUT2D eigenvalue weighted by atomic mass is 32.1. The molecule has 2 heterocycles. The fraction of sp³-hybridized carbons (Fsp3) is 0.417. The molecule has 0 saturated heterocycles. The van der Waals surface area contributed by atoms with Gasteiger partial charge in [0, 0.05) is 43.4 Å². The van der Waals surface area contributed by atoms with Crippen LogP contribution in [0.5, 0.6) is 5.88 Å². The number of thiocarbonyl (C=S) groups is 1. The molecule has 0 saturated carbocycles. The maximum atomic E-state index is 14.8. The summed E-state index contributed by atoms with van der Waals surface area (Å²) in [7, 11) is 5.31. The van der Waals surface area contributed by atoms with Crippen molar-refractivity contribution < 1.29 is 9.13 Å². The van der Waals surface area contributed by atoms with Gasteiger partial charge in [-0.2, -0.15) is 10.2 Å². The van der Waals surface area contributed by atoms with Crippen LogP contribution >= 0.6 is 12.2 Å². The van der Waals surface area contributed by atoms with E-state index in [0.717, 1.165) is 23.9 Å². The maximum Gasteiger partial charge on any atom is 0.217 e. The van der Waals surface area contributed by atoms with Gasteiger partial charge in [0.15, 0.2) is 5.11 Å². The zero-order chi connectivity index (χ0) is 24.2. The number of halogens is 1. The lowest BCUT2D eigenvalue weighted by molar-refractivity contribution is 0.380. The molecule has 0 atom stereocenters. The minimum atomic E-state index is -0.401. The molecule has 0 aliphatic carbocycles. The number of nitrogens with zero attached hydrogens (tertiary/aromatic N) is 5. The van der Waals surface area contributed by atoms with E-state index in [9.17, 15) is 4.39 Å². The fourth-order valence-corrected chi connectivity index (χ4v) is 3.92. The van der Waals surface area contributed by atoms with Crippen molar-refractivity contribution in [2.24, 2.45) is 5.10 Å². The van der Waals surface area contributed by atoms with Crippen LogP contribution in [0.15, 0.2) is 35.6 Å². The summed E-state index contributed by atoms with van der Waals surface area (Å²) in [5.74, 6) is 0.168. The largest absolute Gasteiger partial charge is 0.481 e. The molecule has 0 fully saturated rings. The van der Waals surface area contributed by atoms with E-state index >= 15 is 0 Å². The van der Waals surface area contributed by atoms with Crippen molar-refractivity contribution >= 4 is 34.4 Å². The minimum Gasteiger partial charge on any atom is -0.481 e. The average Bonchev–Trinajstić information content (AvgIpc) is 3.25. The molecule has 33 heavy (non-hydrogen) atoms. The fourth-order valence-electron chi connectivity index (χ4n) is 3.86. The number of fused-ring (bicyclic) bond motifs is 1. The Bertz CT molecular complexity index is 1170. The Morgan fingerprint density at radius 3 is 2.61 bits per heavy atom. The number of methoxy groups -OCH3 is 1. The molecule has 0 aliphatic rings. The Morgan fingerprint density at radius 2 is 2.00 bits per heavy atom. The number of ether oxygens (including phenoxy) is 1. The Morgan fingerprint density at radius 1 is 1.27 bits per heavy atom. The monoisotopic (exact) mass is 470 g/mol. The molecular weight excluding hydrogens is 439 g/mol. The summed E-state index contributed by atoms with van der Waals surface area (Å²) in [6.45, 7) is 6.83. The zero-order valence-electron chi connectivity index (χ0n) is 20.0. The summed E-state index contributed by atoms with van der Waals surface area (Å²) >= 11 is 5.26. The second-order valence-corrected chi connectivity index (χ2v) is 8.42. The molecule has 3 rings (SSSR count). The van der Waals surface area contributed by atoms with Crippen molar-refractivity contribution in [3.05, 3.63) is 41.8 Å².